The highest BCUT2D eigenvalue weighted by molar-refractivity contribution is 5.85. The highest BCUT2D eigenvalue weighted by Crippen LogP contribution is 2.31. The molecule has 0 amide bonds. The van der Waals surface area contributed by atoms with Crippen molar-refractivity contribution in [2.24, 2.45) is 0 Å². The Morgan fingerprint density at radius 2 is 1.94 bits per heavy atom. The molecule has 3 aromatic rings. The van der Waals surface area contributed by atoms with Crippen LogP contribution in [0.5, 0.6) is 11.8 Å². The summed E-state index contributed by atoms with van der Waals surface area (Å²) < 4.78 is 17.3. The predicted molar refractivity (Wildman–Crippen MR) is 131 cm³/mol. The summed E-state index contributed by atoms with van der Waals surface area (Å²) in [5, 5.41) is 4.32. The van der Waals surface area contributed by atoms with Gasteiger partial charge in [-0.05, 0) is 44.7 Å². The summed E-state index contributed by atoms with van der Waals surface area (Å²) in [6.45, 7) is 4.50. The van der Waals surface area contributed by atoms with Crippen LogP contribution in [-0.4, -0.2) is 70.8 Å². The normalized spacial score (nSPS) is 20.4. The van der Waals surface area contributed by atoms with Crippen LogP contribution in [-0.2, 0) is 9.53 Å². The zero-order chi connectivity index (χ0) is 24.0. The first-order chi connectivity index (χ1) is 17.1. The molecule has 10 heteroatoms. The summed E-state index contributed by atoms with van der Waals surface area (Å²) in [7, 11) is 0. The lowest BCUT2D eigenvalue weighted by molar-refractivity contribution is -0.119. The van der Waals surface area contributed by atoms with Gasteiger partial charge in [0.05, 0.1) is 24.1 Å². The van der Waals surface area contributed by atoms with Crippen molar-refractivity contribution in [2.45, 2.75) is 44.8 Å². The molecule has 184 valence electrons. The van der Waals surface area contributed by atoms with E-state index in [0.717, 1.165) is 55.5 Å². The third-order valence-corrected chi connectivity index (χ3v) is 6.23. The van der Waals surface area contributed by atoms with Crippen molar-refractivity contribution in [2.75, 3.05) is 43.1 Å². The number of rotatable bonds is 8. The maximum atomic E-state index is 11.1. The quantitative estimate of drug-likeness (QED) is 0.518. The second kappa shape index (κ2) is 10.8. The first-order valence-corrected chi connectivity index (χ1v) is 12.1. The van der Waals surface area contributed by atoms with Gasteiger partial charge in [0.25, 0.3) is 0 Å². The number of hydrogen-bond donors (Lipinski definition) is 1. The number of hydrogen-bond acceptors (Lipinski definition) is 10. The van der Waals surface area contributed by atoms with Crippen LogP contribution in [0.15, 0.2) is 36.7 Å². The molecule has 1 aliphatic heterocycles. The van der Waals surface area contributed by atoms with E-state index >= 15 is 0 Å². The number of morpholine rings is 1. The lowest BCUT2D eigenvalue weighted by Crippen LogP contribution is -2.37. The van der Waals surface area contributed by atoms with E-state index in [1.165, 1.54) is 6.92 Å². The fourth-order valence-corrected chi connectivity index (χ4v) is 4.41. The number of carbonyl (C=O) groups excluding carboxylic acids is 1. The number of nitrogens with zero attached hydrogens (tertiary/aromatic N) is 5. The molecule has 10 nitrogen and oxygen atoms in total. The van der Waals surface area contributed by atoms with Crippen LogP contribution in [0.4, 0.5) is 11.8 Å². The molecule has 0 atom stereocenters. The number of Topliss-reactive ketones (excluding diaryl/α,β-unsaturated/α-hetero) is 1. The molecule has 0 bridgehead atoms. The second-order valence-corrected chi connectivity index (χ2v) is 8.90. The number of fused-ring (bicyclic) bond motifs is 1. The van der Waals surface area contributed by atoms with Gasteiger partial charge in [-0.2, -0.15) is 9.97 Å². The predicted octanol–water partition coefficient (Wildman–Crippen LogP) is 3.03. The van der Waals surface area contributed by atoms with Crippen molar-refractivity contribution in [1.82, 2.24) is 19.9 Å². The molecule has 2 aliphatic rings. The van der Waals surface area contributed by atoms with Crippen molar-refractivity contribution < 1.29 is 19.0 Å². The summed E-state index contributed by atoms with van der Waals surface area (Å²) in [6, 6.07) is 7.85. The fourth-order valence-electron chi connectivity index (χ4n) is 4.41. The molecule has 1 saturated carbocycles. The van der Waals surface area contributed by atoms with Crippen LogP contribution in [0, 0.1) is 0 Å². The third kappa shape index (κ3) is 5.94. The summed E-state index contributed by atoms with van der Waals surface area (Å²) in [6.07, 6.45) is 7.14. The molecular weight excluding hydrogens is 448 g/mol. The van der Waals surface area contributed by atoms with E-state index < -0.39 is 0 Å². The van der Waals surface area contributed by atoms with Crippen LogP contribution in [0.1, 0.15) is 32.6 Å². The van der Waals surface area contributed by atoms with Gasteiger partial charge in [-0.1, -0.05) is 0 Å². The number of ketones is 1. The van der Waals surface area contributed by atoms with E-state index in [2.05, 4.69) is 25.2 Å². The third-order valence-electron chi connectivity index (χ3n) is 6.23. The zero-order valence-corrected chi connectivity index (χ0v) is 19.9. The Labute approximate surface area is 204 Å². The van der Waals surface area contributed by atoms with Crippen LogP contribution < -0.4 is 19.7 Å². The maximum Gasteiger partial charge on any atom is 0.226 e. The van der Waals surface area contributed by atoms with Crippen LogP contribution in [0.3, 0.4) is 0 Å². The van der Waals surface area contributed by atoms with Gasteiger partial charge in [0.15, 0.2) is 5.78 Å². The lowest BCUT2D eigenvalue weighted by Gasteiger charge is -2.31. The summed E-state index contributed by atoms with van der Waals surface area (Å²) in [4.78, 5) is 31.4. The minimum absolute atomic E-state index is 0.00385. The van der Waals surface area contributed by atoms with Crippen LogP contribution in [0.2, 0.25) is 0 Å². The second-order valence-electron chi connectivity index (χ2n) is 8.90. The zero-order valence-electron chi connectivity index (χ0n) is 19.9. The van der Waals surface area contributed by atoms with Gasteiger partial charge >= 0.3 is 0 Å². The number of nitrogens with one attached hydrogen (secondary N) is 1. The Kier molecular flexibility index (Phi) is 7.17. The molecule has 0 radical (unpaired) electrons. The lowest BCUT2D eigenvalue weighted by atomic mass is 9.93. The smallest absolute Gasteiger partial charge is 0.226 e. The van der Waals surface area contributed by atoms with Gasteiger partial charge < -0.3 is 24.4 Å². The highest BCUT2D eigenvalue weighted by atomic mass is 16.5. The molecule has 1 saturated heterocycles. The monoisotopic (exact) mass is 478 g/mol. The van der Waals surface area contributed by atoms with E-state index in [1.807, 2.05) is 18.2 Å². The van der Waals surface area contributed by atoms with Gasteiger partial charge in [-0.25, -0.2) is 4.98 Å². The van der Waals surface area contributed by atoms with E-state index in [9.17, 15) is 4.79 Å². The average molecular weight is 479 g/mol. The van der Waals surface area contributed by atoms with Crippen molar-refractivity contribution in [3.63, 3.8) is 0 Å². The van der Waals surface area contributed by atoms with E-state index in [0.29, 0.717) is 30.9 Å². The summed E-state index contributed by atoms with van der Waals surface area (Å²) in [5.41, 5.74) is 0.887. The fraction of sp³-hybridized carbons (Fsp3) is 0.480. The maximum absolute atomic E-state index is 11.1. The van der Waals surface area contributed by atoms with E-state index in [4.69, 9.17) is 19.2 Å². The molecule has 2 fully saturated rings. The number of pyridine rings is 2. The number of anilines is 2. The number of carbonyl (C=O) groups is 1. The molecule has 5 rings (SSSR count). The topological polar surface area (TPSA) is 112 Å². The van der Waals surface area contributed by atoms with E-state index in [1.54, 1.807) is 18.5 Å². The molecular formula is C25H30N6O4. The minimum atomic E-state index is -0.0509. The molecule has 1 aliphatic carbocycles. The van der Waals surface area contributed by atoms with Gasteiger partial charge in [0, 0.05) is 43.7 Å². The minimum Gasteiger partial charge on any atom is -0.474 e. The van der Waals surface area contributed by atoms with Crippen molar-refractivity contribution >= 4 is 28.5 Å². The Hall–Kier alpha value is -3.53. The molecule has 3 aromatic heterocycles. The Balaban J connectivity index is 1.22. The standard InChI is InChI=1S/C25H30N6O4/c1-17(32)16-34-23-8-10-27-25(30-23)28-18-4-6-19(7-5-18)35-24-20-3-2-9-26-21(20)15-22(29-24)31-11-13-33-14-12-31/h2-3,8-10,15,18-19H,4-7,11-14,16H2,1H3,(H,27,28,30). The first kappa shape index (κ1) is 23.2. The van der Waals surface area contributed by atoms with Gasteiger partial charge in [-0.15, -0.1) is 0 Å². The first-order valence-electron chi connectivity index (χ1n) is 12.1. The van der Waals surface area contributed by atoms with Gasteiger partial charge in [0.1, 0.15) is 18.5 Å². The summed E-state index contributed by atoms with van der Waals surface area (Å²) >= 11 is 0. The van der Waals surface area contributed by atoms with Crippen molar-refractivity contribution in [3.05, 3.63) is 36.7 Å². The van der Waals surface area contributed by atoms with Crippen molar-refractivity contribution in [1.29, 1.82) is 0 Å². The summed E-state index contributed by atoms with van der Waals surface area (Å²) in [5.74, 6) is 2.37. The van der Waals surface area contributed by atoms with Gasteiger partial charge in [-0.3, -0.25) is 9.78 Å². The van der Waals surface area contributed by atoms with Crippen LogP contribution in [0.25, 0.3) is 10.9 Å². The SMILES string of the molecule is CC(=O)COc1ccnc(NC2CCC(Oc3nc(N4CCOCC4)cc4ncccc34)CC2)n1. The highest BCUT2D eigenvalue weighted by Gasteiger charge is 2.25. The number of ether oxygens (including phenoxy) is 3. The Morgan fingerprint density at radius 1 is 1.11 bits per heavy atom. The molecule has 0 spiro atoms. The van der Waals surface area contributed by atoms with Crippen molar-refractivity contribution in [3.8, 4) is 11.8 Å². The number of aromatic nitrogens is 4. The molecule has 1 N–H and O–H groups in total. The van der Waals surface area contributed by atoms with Gasteiger partial charge in [0.2, 0.25) is 17.7 Å². The molecule has 4 heterocycles. The molecule has 0 aromatic carbocycles. The molecule has 35 heavy (non-hydrogen) atoms. The molecule has 0 unspecified atom stereocenters. The van der Waals surface area contributed by atoms with Crippen LogP contribution >= 0.6 is 0 Å². The Bertz CT molecular complexity index is 1160. The van der Waals surface area contributed by atoms with E-state index in [-0.39, 0.29) is 24.5 Å². The Morgan fingerprint density at radius 3 is 2.74 bits per heavy atom. The average Bonchev–Trinajstić information content (AvgIpc) is 2.89. The largest absolute Gasteiger partial charge is 0.474 e.